The van der Waals surface area contributed by atoms with Gasteiger partial charge < -0.3 is 9.84 Å². The second-order valence-corrected chi connectivity index (χ2v) is 5.08. The molecule has 1 atom stereocenters. The molecule has 0 aromatic carbocycles. The van der Waals surface area contributed by atoms with Crippen molar-refractivity contribution in [2.75, 3.05) is 6.54 Å². The molecule has 3 rings (SSSR count). The van der Waals surface area contributed by atoms with Gasteiger partial charge in [-0.25, -0.2) is 4.98 Å². The molecule has 0 amide bonds. The van der Waals surface area contributed by atoms with E-state index in [2.05, 4.69) is 20.4 Å². The van der Waals surface area contributed by atoms with Crippen molar-refractivity contribution in [3.05, 3.63) is 17.0 Å². The van der Waals surface area contributed by atoms with Crippen LogP contribution in [0.25, 0.3) is 10.8 Å². The zero-order chi connectivity index (χ0) is 11.7. The van der Waals surface area contributed by atoms with Crippen LogP contribution < -0.4 is 5.32 Å². The molecule has 0 saturated carbocycles. The first-order chi connectivity index (χ1) is 8.34. The minimum atomic E-state index is 0.245. The maximum absolute atomic E-state index is 5.31. The molecule has 2 aromatic heterocycles. The molecular weight excluding hydrogens is 236 g/mol. The second kappa shape index (κ2) is 4.54. The summed E-state index contributed by atoms with van der Waals surface area (Å²) in [5.74, 6) is 1.36. The van der Waals surface area contributed by atoms with Crippen LogP contribution in [-0.2, 0) is 0 Å². The Kier molecular flexibility index (Phi) is 2.90. The quantitative estimate of drug-likeness (QED) is 0.886. The number of nitrogens with one attached hydrogen (secondary N) is 1. The van der Waals surface area contributed by atoms with Crippen LogP contribution in [-0.4, -0.2) is 21.7 Å². The van der Waals surface area contributed by atoms with Gasteiger partial charge in [0, 0.05) is 0 Å². The predicted octanol–water partition coefficient (Wildman–Crippen LogP) is 2.32. The summed E-state index contributed by atoms with van der Waals surface area (Å²) in [6, 6.07) is 0.245. The number of piperidine rings is 1. The maximum atomic E-state index is 5.31. The molecule has 17 heavy (non-hydrogen) atoms. The minimum Gasteiger partial charge on any atom is -0.333 e. The van der Waals surface area contributed by atoms with Crippen molar-refractivity contribution in [3.63, 3.8) is 0 Å². The van der Waals surface area contributed by atoms with Gasteiger partial charge >= 0.3 is 0 Å². The molecule has 5 nitrogen and oxygen atoms in total. The van der Waals surface area contributed by atoms with Crippen molar-refractivity contribution < 1.29 is 4.52 Å². The van der Waals surface area contributed by atoms with E-state index in [0.717, 1.165) is 29.4 Å². The number of thiazole rings is 1. The number of hydrogen-bond acceptors (Lipinski definition) is 6. The summed E-state index contributed by atoms with van der Waals surface area (Å²) in [6.45, 7) is 2.99. The lowest BCUT2D eigenvalue weighted by molar-refractivity contribution is 0.367. The van der Waals surface area contributed by atoms with E-state index in [9.17, 15) is 0 Å². The van der Waals surface area contributed by atoms with Gasteiger partial charge in [0.25, 0.3) is 5.89 Å². The Labute approximate surface area is 103 Å². The maximum Gasteiger partial charge on any atom is 0.269 e. The Morgan fingerprint density at radius 3 is 3.12 bits per heavy atom. The van der Waals surface area contributed by atoms with Crippen molar-refractivity contribution in [2.45, 2.75) is 32.2 Å². The van der Waals surface area contributed by atoms with Crippen molar-refractivity contribution in [1.29, 1.82) is 0 Å². The molecule has 0 radical (unpaired) electrons. The molecule has 90 valence electrons. The predicted molar refractivity (Wildman–Crippen MR) is 64.7 cm³/mol. The van der Waals surface area contributed by atoms with E-state index in [1.807, 2.05) is 6.92 Å². The van der Waals surface area contributed by atoms with Crippen LogP contribution in [0, 0.1) is 6.92 Å². The Bertz CT molecular complexity index is 501. The van der Waals surface area contributed by atoms with Gasteiger partial charge in [-0.3, -0.25) is 0 Å². The fraction of sp³-hybridized carbons (Fsp3) is 0.545. The molecular formula is C11H14N4OS. The van der Waals surface area contributed by atoms with Gasteiger partial charge in [-0.15, -0.1) is 11.3 Å². The van der Waals surface area contributed by atoms with Gasteiger partial charge in [-0.05, 0) is 26.3 Å². The highest BCUT2D eigenvalue weighted by molar-refractivity contribution is 7.13. The van der Waals surface area contributed by atoms with E-state index in [0.29, 0.717) is 5.89 Å². The molecule has 2 aromatic rings. The molecule has 0 aliphatic carbocycles. The zero-order valence-electron chi connectivity index (χ0n) is 9.64. The molecule has 1 unspecified atom stereocenters. The van der Waals surface area contributed by atoms with Crippen molar-refractivity contribution in [3.8, 4) is 10.8 Å². The summed E-state index contributed by atoms with van der Waals surface area (Å²) in [6.07, 6.45) is 3.54. The van der Waals surface area contributed by atoms with Gasteiger partial charge in [0.15, 0.2) is 5.82 Å². The van der Waals surface area contributed by atoms with E-state index >= 15 is 0 Å². The van der Waals surface area contributed by atoms with Crippen LogP contribution in [0.3, 0.4) is 0 Å². The van der Waals surface area contributed by atoms with Crippen molar-refractivity contribution in [1.82, 2.24) is 20.4 Å². The highest BCUT2D eigenvalue weighted by atomic mass is 32.1. The summed E-state index contributed by atoms with van der Waals surface area (Å²) in [7, 11) is 0. The number of hydrogen-bond donors (Lipinski definition) is 1. The Morgan fingerprint density at radius 2 is 2.41 bits per heavy atom. The van der Waals surface area contributed by atoms with Gasteiger partial charge in [0.2, 0.25) is 0 Å². The number of aryl methyl sites for hydroxylation is 1. The summed E-state index contributed by atoms with van der Waals surface area (Å²) < 4.78 is 5.31. The highest BCUT2D eigenvalue weighted by Gasteiger charge is 2.21. The molecule has 1 aliphatic rings. The van der Waals surface area contributed by atoms with E-state index in [-0.39, 0.29) is 6.04 Å². The van der Waals surface area contributed by atoms with E-state index in [4.69, 9.17) is 4.52 Å². The van der Waals surface area contributed by atoms with E-state index in [1.165, 1.54) is 24.2 Å². The standard InChI is InChI=1S/C11H14N4OS/c1-7-9(17-6-13-7)11-14-10(15-16-11)8-4-2-3-5-12-8/h6,8,12H,2-5H2,1H3. The lowest BCUT2D eigenvalue weighted by atomic mass is 10.0. The van der Waals surface area contributed by atoms with Gasteiger partial charge in [-0.2, -0.15) is 4.98 Å². The zero-order valence-corrected chi connectivity index (χ0v) is 10.5. The molecule has 6 heteroatoms. The first-order valence-corrected chi connectivity index (χ1v) is 6.70. The number of rotatable bonds is 2. The van der Waals surface area contributed by atoms with E-state index in [1.54, 1.807) is 5.51 Å². The lowest BCUT2D eigenvalue weighted by Crippen LogP contribution is -2.27. The smallest absolute Gasteiger partial charge is 0.269 e. The summed E-state index contributed by atoms with van der Waals surface area (Å²) >= 11 is 1.53. The monoisotopic (exact) mass is 250 g/mol. The third-order valence-corrected chi connectivity index (χ3v) is 3.92. The van der Waals surface area contributed by atoms with Crippen LogP contribution in [0.1, 0.15) is 36.8 Å². The van der Waals surface area contributed by atoms with Gasteiger partial charge in [0.05, 0.1) is 17.2 Å². The molecule has 3 heterocycles. The van der Waals surface area contributed by atoms with Gasteiger partial charge in [-0.1, -0.05) is 11.6 Å². The first-order valence-electron chi connectivity index (χ1n) is 5.82. The van der Waals surface area contributed by atoms with Crippen LogP contribution in [0.4, 0.5) is 0 Å². The van der Waals surface area contributed by atoms with Crippen LogP contribution in [0.5, 0.6) is 0 Å². The third kappa shape index (κ3) is 2.10. The topological polar surface area (TPSA) is 63.8 Å². The van der Waals surface area contributed by atoms with Gasteiger partial charge in [0.1, 0.15) is 4.88 Å². The normalized spacial score (nSPS) is 20.6. The SMILES string of the molecule is Cc1ncsc1-c1nc(C2CCCCN2)no1. The Balaban J connectivity index is 1.85. The largest absolute Gasteiger partial charge is 0.333 e. The molecule has 1 aliphatic heterocycles. The fourth-order valence-electron chi connectivity index (χ4n) is 2.05. The molecule has 1 fully saturated rings. The number of nitrogens with zero attached hydrogens (tertiary/aromatic N) is 3. The first kappa shape index (κ1) is 10.9. The minimum absolute atomic E-state index is 0.245. The number of aromatic nitrogens is 3. The lowest BCUT2D eigenvalue weighted by Gasteiger charge is -2.19. The molecule has 1 N–H and O–H groups in total. The summed E-state index contributed by atoms with van der Waals surface area (Å²) in [5.41, 5.74) is 2.75. The third-order valence-electron chi connectivity index (χ3n) is 3.00. The van der Waals surface area contributed by atoms with Crippen LogP contribution >= 0.6 is 11.3 Å². The molecule has 0 spiro atoms. The van der Waals surface area contributed by atoms with Crippen molar-refractivity contribution >= 4 is 11.3 Å². The summed E-state index contributed by atoms with van der Waals surface area (Å²) in [4.78, 5) is 9.63. The highest BCUT2D eigenvalue weighted by Crippen LogP contribution is 2.28. The van der Waals surface area contributed by atoms with Crippen molar-refractivity contribution in [2.24, 2.45) is 0 Å². The summed E-state index contributed by atoms with van der Waals surface area (Å²) in [5, 5.41) is 7.48. The molecule has 0 bridgehead atoms. The van der Waals surface area contributed by atoms with Crippen LogP contribution in [0.2, 0.25) is 0 Å². The fourth-order valence-corrected chi connectivity index (χ4v) is 2.77. The van der Waals surface area contributed by atoms with Crippen LogP contribution in [0.15, 0.2) is 10.0 Å². The second-order valence-electron chi connectivity index (χ2n) is 4.23. The Hall–Kier alpha value is -1.27. The Morgan fingerprint density at radius 1 is 1.47 bits per heavy atom. The average Bonchev–Trinajstić information content (AvgIpc) is 2.98. The van der Waals surface area contributed by atoms with E-state index < -0.39 is 0 Å². The molecule has 1 saturated heterocycles. The average molecular weight is 250 g/mol.